The van der Waals surface area contributed by atoms with E-state index in [-0.39, 0.29) is 0 Å². The Morgan fingerprint density at radius 3 is 3.12 bits per heavy atom. The molecule has 0 amide bonds. The van der Waals surface area contributed by atoms with Crippen molar-refractivity contribution in [3.8, 4) is 0 Å². The molecular formula is C12H17BrN2O. The lowest BCUT2D eigenvalue weighted by atomic mass is 10.2. The Morgan fingerprint density at radius 1 is 1.56 bits per heavy atom. The number of anilines is 1. The average molecular weight is 285 g/mol. The van der Waals surface area contributed by atoms with Crippen molar-refractivity contribution in [2.45, 2.75) is 13.0 Å². The quantitative estimate of drug-likeness (QED) is 0.893. The fourth-order valence-corrected chi connectivity index (χ4v) is 2.28. The molecule has 0 aliphatic carbocycles. The molecule has 1 aromatic carbocycles. The van der Waals surface area contributed by atoms with E-state index in [0.29, 0.717) is 6.04 Å². The molecule has 0 aromatic heterocycles. The number of aryl methyl sites for hydroxylation is 1. The van der Waals surface area contributed by atoms with Crippen molar-refractivity contribution in [1.82, 2.24) is 5.32 Å². The summed E-state index contributed by atoms with van der Waals surface area (Å²) in [7, 11) is 0. The number of benzene rings is 1. The minimum atomic E-state index is 0.414. The Labute approximate surface area is 105 Å². The molecule has 2 rings (SSSR count). The molecule has 0 bridgehead atoms. The van der Waals surface area contributed by atoms with Gasteiger partial charge in [0.2, 0.25) is 0 Å². The molecule has 1 aliphatic rings. The first-order valence-corrected chi connectivity index (χ1v) is 6.36. The summed E-state index contributed by atoms with van der Waals surface area (Å²) < 4.78 is 6.53. The van der Waals surface area contributed by atoms with Gasteiger partial charge in [0.05, 0.1) is 13.2 Å². The highest BCUT2D eigenvalue weighted by Gasteiger charge is 2.12. The van der Waals surface area contributed by atoms with E-state index < -0.39 is 0 Å². The van der Waals surface area contributed by atoms with E-state index in [1.54, 1.807) is 0 Å². The maximum atomic E-state index is 5.41. The standard InChI is InChI=1S/C12H17BrN2O/c1-9-6-10(13)2-3-12(9)15-7-11-8-16-5-4-14-11/h2-3,6,11,14-15H,4-5,7-8H2,1H3. The van der Waals surface area contributed by atoms with E-state index in [2.05, 4.69) is 51.7 Å². The molecule has 1 heterocycles. The number of halogens is 1. The predicted octanol–water partition coefficient (Wildman–Crippen LogP) is 2.16. The third-order valence-electron chi connectivity index (χ3n) is 2.73. The van der Waals surface area contributed by atoms with Crippen molar-refractivity contribution in [3.63, 3.8) is 0 Å². The summed E-state index contributed by atoms with van der Waals surface area (Å²) in [5, 5.41) is 6.87. The lowest BCUT2D eigenvalue weighted by Gasteiger charge is -2.24. The minimum absolute atomic E-state index is 0.414. The van der Waals surface area contributed by atoms with Gasteiger partial charge < -0.3 is 15.4 Å². The van der Waals surface area contributed by atoms with Crippen LogP contribution in [0, 0.1) is 6.92 Å². The third-order valence-corrected chi connectivity index (χ3v) is 3.22. The number of ether oxygens (including phenoxy) is 1. The van der Waals surface area contributed by atoms with Gasteiger partial charge in [-0.05, 0) is 30.7 Å². The molecule has 0 saturated carbocycles. The van der Waals surface area contributed by atoms with Crippen molar-refractivity contribution in [3.05, 3.63) is 28.2 Å². The van der Waals surface area contributed by atoms with Crippen LogP contribution in [0.25, 0.3) is 0 Å². The molecule has 3 nitrogen and oxygen atoms in total. The van der Waals surface area contributed by atoms with E-state index in [4.69, 9.17) is 4.74 Å². The van der Waals surface area contributed by atoms with Crippen LogP contribution in [-0.2, 0) is 4.74 Å². The zero-order valence-electron chi connectivity index (χ0n) is 9.42. The van der Waals surface area contributed by atoms with Gasteiger partial charge in [-0.3, -0.25) is 0 Å². The number of hydrogen-bond donors (Lipinski definition) is 2. The second-order valence-corrected chi connectivity index (χ2v) is 4.98. The Balaban J connectivity index is 1.88. The first-order valence-electron chi connectivity index (χ1n) is 5.57. The number of rotatable bonds is 3. The number of hydrogen-bond acceptors (Lipinski definition) is 3. The summed E-state index contributed by atoms with van der Waals surface area (Å²) in [4.78, 5) is 0. The Kier molecular flexibility index (Phi) is 4.21. The van der Waals surface area contributed by atoms with Crippen LogP contribution in [0.15, 0.2) is 22.7 Å². The maximum Gasteiger partial charge on any atom is 0.0637 e. The van der Waals surface area contributed by atoms with Crippen molar-refractivity contribution in [1.29, 1.82) is 0 Å². The van der Waals surface area contributed by atoms with Gasteiger partial charge in [-0.2, -0.15) is 0 Å². The van der Waals surface area contributed by atoms with Gasteiger partial charge in [0.1, 0.15) is 0 Å². The molecule has 0 spiro atoms. The summed E-state index contributed by atoms with van der Waals surface area (Å²) in [5.41, 5.74) is 2.45. The summed E-state index contributed by atoms with van der Waals surface area (Å²) in [5.74, 6) is 0. The molecule has 1 unspecified atom stereocenters. The Morgan fingerprint density at radius 2 is 2.44 bits per heavy atom. The highest BCUT2D eigenvalue weighted by atomic mass is 79.9. The molecule has 1 aliphatic heterocycles. The van der Waals surface area contributed by atoms with Gasteiger partial charge in [0.25, 0.3) is 0 Å². The predicted molar refractivity (Wildman–Crippen MR) is 70.0 cm³/mol. The van der Waals surface area contributed by atoms with Gasteiger partial charge >= 0.3 is 0 Å². The molecule has 1 saturated heterocycles. The van der Waals surface area contributed by atoms with Gasteiger partial charge in [0, 0.05) is 29.3 Å². The number of nitrogens with one attached hydrogen (secondary N) is 2. The van der Waals surface area contributed by atoms with Gasteiger partial charge in [-0.15, -0.1) is 0 Å². The SMILES string of the molecule is Cc1cc(Br)ccc1NCC1COCCN1. The van der Waals surface area contributed by atoms with Crippen molar-refractivity contribution in [2.24, 2.45) is 0 Å². The Bertz CT molecular complexity index is 351. The van der Waals surface area contributed by atoms with Crippen LogP contribution >= 0.6 is 15.9 Å². The summed E-state index contributed by atoms with van der Waals surface area (Å²) in [6.45, 7) is 5.59. The van der Waals surface area contributed by atoms with Gasteiger partial charge in [-0.1, -0.05) is 15.9 Å². The zero-order valence-corrected chi connectivity index (χ0v) is 11.0. The highest BCUT2D eigenvalue weighted by Crippen LogP contribution is 2.19. The average Bonchev–Trinajstić information content (AvgIpc) is 2.29. The molecule has 0 radical (unpaired) electrons. The van der Waals surface area contributed by atoms with Crippen LogP contribution in [0.2, 0.25) is 0 Å². The van der Waals surface area contributed by atoms with E-state index in [1.165, 1.54) is 11.3 Å². The molecular weight excluding hydrogens is 268 g/mol. The molecule has 1 aromatic rings. The molecule has 4 heteroatoms. The summed E-state index contributed by atoms with van der Waals surface area (Å²) in [6, 6.07) is 6.69. The van der Waals surface area contributed by atoms with Crippen molar-refractivity contribution >= 4 is 21.6 Å². The lowest BCUT2D eigenvalue weighted by Crippen LogP contribution is -2.45. The fraction of sp³-hybridized carbons (Fsp3) is 0.500. The maximum absolute atomic E-state index is 5.41. The summed E-state index contributed by atoms with van der Waals surface area (Å²) >= 11 is 3.46. The van der Waals surface area contributed by atoms with E-state index in [0.717, 1.165) is 30.8 Å². The van der Waals surface area contributed by atoms with Crippen LogP contribution in [0.1, 0.15) is 5.56 Å². The highest BCUT2D eigenvalue weighted by molar-refractivity contribution is 9.10. The molecule has 1 atom stereocenters. The Hall–Kier alpha value is -0.580. The largest absolute Gasteiger partial charge is 0.383 e. The molecule has 1 fully saturated rings. The first kappa shape index (κ1) is 11.9. The van der Waals surface area contributed by atoms with Crippen LogP contribution in [0.4, 0.5) is 5.69 Å². The molecule has 88 valence electrons. The van der Waals surface area contributed by atoms with Crippen LogP contribution < -0.4 is 10.6 Å². The monoisotopic (exact) mass is 284 g/mol. The second kappa shape index (κ2) is 5.66. The van der Waals surface area contributed by atoms with Crippen LogP contribution in [-0.4, -0.2) is 32.3 Å². The lowest BCUT2D eigenvalue weighted by molar-refractivity contribution is 0.0806. The van der Waals surface area contributed by atoms with E-state index in [9.17, 15) is 0 Å². The van der Waals surface area contributed by atoms with E-state index in [1.807, 2.05) is 0 Å². The van der Waals surface area contributed by atoms with Crippen LogP contribution in [0.5, 0.6) is 0 Å². The topological polar surface area (TPSA) is 33.3 Å². The summed E-state index contributed by atoms with van der Waals surface area (Å²) in [6.07, 6.45) is 0. The minimum Gasteiger partial charge on any atom is -0.383 e. The normalized spacial score (nSPS) is 20.8. The smallest absolute Gasteiger partial charge is 0.0637 e. The zero-order chi connectivity index (χ0) is 11.4. The third kappa shape index (κ3) is 3.20. The second-order valence-electron chi connectivity index (χ2n) is 4.07. The van der Waals surface area contributed by atoms with Crippen molar-refractivity contribution in [2.75, 3.05) is 31.6 Å². The van der Waals surface area contributed by atoms with Gasteiger partial charge in [-0.25, -0.2) is 0 Å². The first-order chi connectivity index (χ1) is 7.75. The molecule has 2 N–H and O–H groups in total. The van der Waals surface area contributed by atoms with Crippen LogP contribution in [0.3, 0.4) is 0 Å². The van der Waals surface area contributed by atoms with Gasteiger partial charge in [0.15, 0.2) is 0 Å². The van der Waals surface area contributed by atoms with Crippen molar-refractivity contribution < 1.29 is 4.74 Å². The molecule has 16 heavy (non-hydrogen) atoms. The fourth-order valence-electron chi connectivity index (χ4n) is 1.81. The number of morpholine rings is 1. The van der Waals surface area contributed by atoms with E-state index >= 15 is 0 Å².